The Morgan fingerprint density at radius 1 is 0.900 bits per heavy atom. The fourth-order valence-corrected chi connectivity index (χ4v) is 6.92. The van der Waals surface area contributed by atoms with Crippen LogP contribution >= 0.6 is 11.6 Å². The van der Waals surface area contributed by atoms with Crippen LogP contribution in [0.1, 0.15) is 28.4 Å². The zero-order valence-corrected chi connectivity index (χ0v) is 23.2. The van der Waals surface area contributed by atoms with Gasteiger partial charge in [0.1, 0.15) is 0 Å². The Morgan fingerprint density at radius 2 is 1.55 bits per heavy atom. The van der Waals surface area contributed by atoms with Crippen molar-refractivity contribution in [2.75, 3.05) is 12.3 Å². The van der Waals surface area contributed by atoms with Crippen molar-refractivity contribution >= 4 is 33.2 Å². The van der Waals surface area contributed by atoms with Crippen LogP contribution in [-0.2, 0) is 32.3 Å². The number of sulfone groups is 1. The summed E-state index contributed by atoms with van der Waals surface area (Å²) in [5, 5.41) is 0.529. The van der Waals surface area contributed by atoms with E-state index in [1.165, 1.54) is 0 Å². The van der Waals surface area contributed by atoms with Gasteiger partial charge in [-0.3, -0.25) is 4.79 Å². The molecule has 6 rings (SSSR count). The van der Waals surface area contributed by atoms with Gasteiger partial charge in [0.25, 0.3) is 5.91 Å². The lowest BCUT2D eigenvalue weighted by molar-refractivity contribution is -0.139. The summed E-state index contributed by atoms with van der Waals surface area (Å²) in [6, 6.07) is 33.0. The summed E-state index contributed by atoms with van der Waals surface area (Å²) in [6.45, 7) is 0.201. The molecule has 0 unspecified atom stereocenters. The molecule has 4 aromatic rings. The van der Waals surface area contributed by atoms with Crippen molar-refractivity contribution in [3.63, 3.8) is 0 Å². The van der Waals surface area contributed by atoms with Crippen LogP contribution in [0.5, 0.6) is 0 Å². The molecule has 2 heterocycles. The minimum Gasteiger partial charge on any atom is -0.466 e. The van der Waals surface area contributed by atoms with Crippen molar-refractivity contribution in [1.29, 1.82) is 0 Å². The second-order valence-electron chi connectivity index (χ2n) is 10.1. The third kappa shape index (κ3) is 4.91. The van der Waals surface area contributed by atoms with Gasteiger partial charge in [0, 0.05) is 35.7 Å². The average molecular weight is 571 g/mol. The van der Waals surface area contributed by atoms with Gasteiger partial charge in [-0.1, -0.05) is 84.4 Å². The van der Waals surface area contributed by atoms with E-state index >= 15 is 0 Å². The van der Waals surface area contributed by atoms with Gasteiger partial charge < -0.3 is 9.64 Å². The molecule has 202 valence electrons. The van der Waals surface area contributed by atoms with Crippen LogP contribution in [0.15, 0.2) is 119 Å². The van der Waals surface area contributed by atoms with Gasteiger partial charge in [-0.25, -0.2) is 13.4 Å². The Kier molecular flexibility index (Phi) is 6.94. The van der Waals surface area contributed by atoms with E-state index in [2.05, 4.69) is 0 Å². The molecule has 0 spiro atoms. The molecule has 0 fully saturated rings. The van der Waals surface area contributed by atoms with Crippen LogP contribution in [0, 0.1) is 0 Å². The third-order valence-corrected chi connectivity index (χ3v) is 9.39. The fourth-order valence-electron chi connectivity index (χ4n) is 5.46. The van der Waals surface area contributed by atoms with Crippen LogP contribution in [0.2, 0.25) is 5.02 Å². The van der Waals surface area contributed by atoms with E-state index in [0.29, 0.717) is 10.9 Å². The Labute approximate surface area is 238 Å². The van der Waals surface area contributed by atoms with E-state index in [9.17, 15) is 13.2 Å². The van der Waals surface area contributed by atoms with E-state index < -0.39 is 21.5 Å². The standard InChI is InChI=1S/C32H27ClN2O4S/c33-26-16-17-28-25(20-26)22-35(18-19-40(37,38)27-14-8-3-9-15-27)31(36)32(21-23-10-4-1-5-11-23)29(28)39-30(34-32)24-12-6-2-7-13-24/h1-17,20,29H,18-19,21-22H2/t29-,32-/m0/s1. The molecule has 8 heteroatoms. The fraction of sp³-hybridized carbons (Fsp3) is 0.188. The second kappa shape index (κ2) is 10.6. The maximum atomic E-state index is 14.6. The number of hydrogen-bond donors (Lipinski definition) is 0. The normalized spacial score (nSPS) is 20.2. The van der Waals surface area contributed by atoms with Crippen molar-refractivity contribution in [3.05, 3.63) is 136 Å². The van der Waals surface area contributed by atoms with Gasteiger partial charge in [0.15, 0.2) is 21.5 Å². The highest BCUT2D eigenvalue weighted by Crippen LogP contribution is 2.47. The molecule has 40 heavy (non-hydrogen) atoms. The zero-order chi connectivity index (χ0) is 27.7. The molecule has 0 saturated heterocycles. The van der Waals surface area contributed by atoms with Gasteiger partial charge in [-0.15, -0.1) is 0 Å². The number of aliphatic imine (C=N–C) groups is 1. The average Bonchev–Trinajstić information content (AvgIpc) is 3.33. The van der Waals surface area contributed by atoms with Gasteiger partial charge in [0.2, 0.25) is 5.90 Å². The molecule has 0 aliphatic carbocycles. The molecular weight excluding hydrogens is 544 g/mol. The maximum absolute atomic E-state index is 14.6. The predicted molar refractivity (Wildman–Crippen MR) is 155 cm³/mol. The molecule has 2 atom stereocenters. The number of ether oxygens (including phenoxy) is 1. The molecule has 4 aromatic carbocycles. The van der Waals surface area contributed by atoms with Crippen molar-refractivity contribution in [1.82, 2.24) is 4.90 Å². The molecule has 1 amide bonds. The van der Waals surface area contributed by atoms with Gasteiger partial charge in [-0.2, -0.15) is 0 Å². The molecule has 6 nitrogen and oxygen atoms in total. The quantitative estimate of drug-likeness (QED) is 0.287. The summed E-state index contributed by atoms with van der Waals surface area (Å²) < 4.78 is 32.9. The van der Waals surface area contributed by atoms with E-state index in [1.807, 2.05) is 72.8 Å². The summed E-state index contributed by atoms with van der Waals surface area (Å²) >= 11 is 6.41. The van der Waals surface area contributed by atoms with E-state index in [0.717, 1.165) is 22.3 Å². The van der Waals surface area contributed by atoms with Gasteiger partial charge in [0.05, 0.1) is 10.6 Å². The van der Waals surface area contributed by atoms with E-state index in [1.54, 1.807) is 41.3 Å². The minimum atomic E-state index is -3.62. The third-order valence-electron chi connectivity index (χ3n) is 7.44. The molecule has 0 saturated carbocycles. The summed E-state index contributed by atoms with van der Waals surface area (Å²) in [7, 11) is -3.62. The first-order valence-corrected chi connectivity index (χ1v) is 15.1. The monoisotopic (exact) mass is 570 g/mol. The summed E-state index contributed by atoms with van der Waals surface area (Å²) in [5.74, 6) is -0.113. The largest absolute Gasteiger partial charge is 0.466 e. The van der Waals surface area contributed by atoms with Gasteiger partial charge in [-0.05, 0) is 47.5 Å². The SMILES string of the molecule is O=C1N(CCS(=O)(=O)c2ccccc2)Cc2cc(Cl)ccc2[C@@H]2OC(c3ccccc3)=N[C@]12Cc1ccccc1. The Bertz CT molecular complexity index is 1680. The number of carbonyl (C=O) groups is 1. The molecular formula is C32H27ClN2O4S. The van der Waals surface area contributed by atoms with Gasteiger partial charge >= 0.3 is 0 Å². The first-order valence-electron chi connectivity index (χ1n) is 13.1. The first-order chi connectivity index (χ1) is 19.4. The molecule has 2 aliphatic rings. The van der Waals surface area contributed by atoms with E-state index in [-0.39, 0.29) is 36.1 Å². The maximum Gasteiger partial charge on any atom is 0.255 e. The molecule has 0 N–H and O–H groups in total. The highest BCUT2D eigenvalue weighted by Gasteiger charge is 2.56. The number of amides is 1. The number of rotatable bonds is 7. The lowest BCUT2D eigenvalue weighted by Gasteiger charge is -2.32. The summed E-state index contributed by atoms with van der Waals surface area (Å²) in [5.41, 5.74) is 1.99. The molecule has 0 bridgehead atoms. The van der Waals surface area contributed by atoms with E-state index in [4.69, 9.17) is 21.3 Å². The molecule has 2 aliphatic heterocycles. The summed E-state index contributed by atoms with van der Waals surface area (Å²) in [4.78, 5) is 21.5. The molecule has 0 radical (unpaired) electrons. The van der Waals surface area contributed by atoms with Crippen LogP contribution in [0.3, 0.4) is 0 Å². The number of nitrogens with zero attached hydrogens (tertiary/aromatic N) is 2. The minimum absolute atomic E-state index is 0.00145. The Hall–Kier alpha value is -3.94. The number of fused-ring (bicyclic) bond motifs is 3. The topological polar surface area (TPSA) is 76.0 Å². The lowest BCUT2D eigenvalue weighted by Crippen LogP contribution is -2.50. The Morgan fingerprint density at radius 3 is 2.25 bits per heavy atom. The number of carbonyl (C=O) groups excluding carboxylic acids is 1. The van der Waals surface area contributed by atoms with Crippen LogP contribution in [0.25, 0.3) is 0 Å². The number of hydrogen-bond acceptors (Lipinski definition) is 5. The zero-order valence-electron chi connectivity index (χ0n) is 21.6. The van der Waals surface area contributed by atoms with Crippen molar-refractivity contribution < 1.29 is 17.9 Å². The van der Waals surface area contributed by atoms with Crippen LogP contribution in [0.4, 0.5) is 0 Å². The summed E-state index contributed by atoms with van der Waals surface area (Å²) in [6.07, 6.45) is -0.420. The first kappa shape index (κ1) is 26.3. The Balaban J connectivity index is 1.46. The predicted octanol–water partition coefficient (Wildman–Crippen LogP) is 5.66. The number of halogens is 1. The van der Waals surface area contributed by atoms with Crippen molar-refractivity contribution in [2.24, 2.45) is 4.99 Å². The number of benzene rings is 4. The van der Waals surface area contributed by atoms with Crippen LogP contribution in [-0.4, -0.2) is 43.0 Å². The van der Waals surface area contributed by atoms with Crippen molar-refractivity contribution in [3.8, 4) is 0 Å². The highest BCUT2D eigenvalue weighted by atomic mass is 35.5. The second-order valence-corrected chi connectivity index (χ2v) is 12.6. The highest BCUT2D eigenvalue weighted by molar-refractivity contribution is 7.91. The van der Waals surface area contributed by atoms with Crippen LogP contribution < -0.4 is 0 Å². The van der Waals surface area contributed by atoms with Crippen molar-refractivity contribution in [2.45, 2.75) is 29.5 Å². The molecule has 0 aromatic heterocycles. The lowest BCUT2D eigenvalue weighted by atomic mass is 9.81. The smallest absolute Gasteiger partial charge is 0.255 e.